The number of hydrogen-bond acceptors (Lipinski definition) is 5. The third-order valence-electron chi connectivity index (χ3n) is 3.57. The number of rotatable bonds is 5. The second-order valence-electron chi connectivity index (χ2n) is 5.63. The van der Waals surface area contributed by atoms with E-state index in [1.165, 1.54) is 32.1 Å². The first-order valence-electron chi connectivity index (χ1n) is 6.88. The maximum Gasteiger partial charge on any atom is 0.243 e. The smallest absolute Gasteiger partial charge is 0.243 e. The van der Waals surface area contributed by atoms with Gasteiger partial charge in [0.15, 0.2) is 5.82 Å². The van der Waals surface area contributed by atoms with Gasteiger partial charge in [0.1, 0.15) is 0 Å². The van der Waals surface area contributed by atoms with Crippen molar-refractivity contribution in [2.24, 2.45) is 11.7 Å². The summed E-state index contributed by atoms with van der Waals surface area (Å²) in [4.78, 5) is 6.39. The predicted octanol–water partition coefficient (Wildman–Crippen LogP) is 2.10. The van der Waals surface area contributed by atoms with E-state index in [9.17, 15) is 0 Å². The average molecular weight is 252 g/mol. The molecule has 0 amide bonds. The van der Waals surface area contributed by atoms with Crippen molar-refractivity contribution in [2.75, 3.05) is 14.1 Å². The summed E-state index contributed by atoms with van der Waals surface area (Å²) in [5.74, 6) is 2.05. The lowest BCUT2D eigenvalue weighted by atomic mass is 9.85. The fourth-order valence-electron chi connectivity index (χ4n) is 2.65. The fourth-order valence-corrected chi connectivity index (χ4v) is 2.65. The first-order chi connectivity index (χ1) is 8.65. The first-order valence-corrected chi connectivity index (χ1v) is 6.88. The van der Waals surface area contributed by atoms with Crippen LogP contribution in [0.3, 0.4) is 0 Å². The van der Waals surface area contributed by atoms with Gasteiger partial charge in [0.2, 0.25) is 5.89 Å². The zero-order chi connectivity index (χ0) is 13.0. The minimum absolute atomic E-state index is 0.100. The van der Waals surface area contributed by atoms with Crippen molar-refractivity contribution in [1.29, 1.82) is 0 Å². The molecule has 0 bridgehead atoms. The van der Waals surface area contributed by atoms with Crippen LogP contribution in [0.1, 0.15) is 56.3 Å². The number of nitrogens with zero attached hydrogens (tertiary/aromatic N) is 3. The molecule has 1 aromatic rings. The Morgan fingerprint density at radius 3 is 2.72 bits per heavy atom. The van der Waals surface area contributed by atoms with Gasteiger partial charge in [-0.1, -0.05) is 37.3 Å². The summed E-state index contributed by atoms with van der Waals surface area (Å²) in [6.07, 6.45) is 7.63. The van der Waals surface area contributed by atoms with E-state index in [1.807, 2.05) is 19.0 Å². The highest BCUT2D eigenvalue weighted by atomic mass is 16.5. The van der Waals surface area contributed by atoms with Gasteiger partial charge in [-0.3, -0.25) is 0 Å². The minimum atomic E-state index is -0.100. The van der Waals surface area contributed by atoms with E-state index in [1.54, 1.807) is 0 Å². The highest BCUT2D eigenvalue weighted by Crippen LogP contribution is 2.30. The van der Waals surface area contributed by atoms with Crippen LogP contribution < -0.4 is 5.73 Å². The Labute approximate surface area is 109 Å². The van der Waals surface area contributed by atoms with Crippen molar-refractivity contribution in [3.05, 3.63) is 11.7 Å². The zero-order valence-electron chi connectivity index (χ0n) is 11.4. The number of nitrogens with two attached hydrogens (primary N) is 1. The molecule has 0 saturated heterocycles. The maximum atomic E-state index is 6.16. The molecule has 0 spiro atoms. The van der Waals surface area contributed by atoms with Crippen molar-refractivity contribution in [1.82, 2.24) is 15.0 Å². The van der Waals surface area contributed by atoms with Crippen LogP contribution in [0.2, 0.25) is 0 Å². The van der Waals surface area contributed by atoms with Gasteiger partial charge in [-0.25, -0.2) is 0 Å². The first kappa shape index (κ1) is 13.5. The Hall–Kier alpha value is -0.940. The molecule has 0 aliphatic heterocycles. The lowest BCUT2D eigenvalue weighted by Gasteiger charge is -2.22. The molecule has 102 valence electrons. The van der Waals surface area contributed by atoms with Gasteiger partial charge in [-0.2, -0.15) is 4.98 Å². The Kier molecular flexibility index (Phi) is 4.72. The van der Waals surface area contributed by atoms with Gasteiger partial charge in [0.25, 0.3) is 0 Å². The van der Waals surface area contributed by atoms with Crippen molar-refractivity contribution in [3.63, 3.8) is 0 Å². The van der Waals surface area contributed by atoms with E-state index in [0.717, 1.165) is 12.3 Å². The molecule has 1 unspecified atom stereocenters. The van der Waals surface area contributed by atoms with Crippen LogP contribution >= 0.6 is 0 Å². The fraction of sp³-hybridized carbons (Fsp3) is 0.846. The van der Waals surface area contributed by atoms with E-state index in [4.69, 9.17) is 10.3 Å². The van der Waals surface area contributed by atoms with Crippen LogP contribution in [0.25, 0.3) is 0 Å². The summed E-state index contributed by atoms with van der Waals surface area (Å²) >= 11 is 0. The molecule has 0 radical (unpaired) electrons. The molecule has 1 fully saturated rings. The maximum absolute atomic E-state index is 6.16. The highest BCUT2D eigenvalue weighted by molar-refractivity contribution is 4.92. The van der Waals surface area contributed by atoms with Crippen molar-refractivity contribution in [3.8, 4) is 0 Å². The Morgan fingerprint density at radius 1 is 1.33 bits per heavy atom. The minimum Gasteiger partial charge on any atom is -0.338 e. The zero-order valence-corrected chi connectivity index (χ0v) is 11.4. The third-order valence-corrected chi connectivity index (χ3v) is 3.57. The lowest BCUT2D eigenvalue weighted by Crippen LogP contribution is -2.18. The van der Waals surface area contributed by atoms with Gasteiger partial charge in [-0.05, 0) is 26.4 Å². The molecule has 1 saturated carbocycles. The lowest BCUT2D eigenvalue weighted by molar-refractivity contribution is 0.282. The molecule has 5 heteroatoms. The normalized spacial score (nSPS) is 19.3. The Bertz CT molecular complexity index is 358. The summed E-state index contributed by atoms with van der Waals surface area (Å²) in [7, 11) is 3.97. The average Bonchev–Trinajstić information content (AvgIpc) is 2.78. The van der Waals surface area contributed by atoms with Gasteiger partial charge >= 0.3 is 0 Å². The molecule has 2 N–H and O–H groups in total. The molecule has 5 nitrogen and oxygen atoms in total. The van der Waals surface area contributed by atoms with Crippen LogP contribution in [-0.4, -0.2) is 29.1 Å². The summed E-state index contributed by atoms with van der Waals surface area (Å²) in [6, 6.07) is -0.100. The quantitative estimate of drug-likeness (QED) is 0.869. The van der Waals surface area contributed by atoms with Crippen LogP contribution in [0.5, 0.6) is 0 Å². The van der Waals surface area contributed by atoms with Crippen LogP contribution in [0.4, 0.5) is 0 Å². The van der Waals surface area contributed by atoms with E-state index >= 15 is 0 Å². The van der Waals surface area contributed by atoms with Gasteiger partial charge < -0.3 is 15.2 Å². The van der Waals surface area contributed by atoms with Crippen molar-refractivity contribution in [2.45, 2.75) is 51.1 Å². The highest BCUT2D eigenvalue weighted by Gasteiger charge is 2.21. The van der Waals surface area contributed by atoms with E-state index < -0.39 is 0 Å². The molecule has 1 atom stereocenters. The molecule has 1 aliphatic carbocycles. The largest absolute Gasteiger partial charge is 0.338 e. The molecule has 1 heterocycles. The second-order valence-corrected chi connectivity index (χ2v) is 5.63. The second kappa shape index (κ2) is 6.29. The molecule has 1 aliphatic rings. The van der Waals surface area contributed by atoms with Gasteiger partial charge in [0, 0.05) is 0 Å². The molecule has 0 aromatic carbocycles. The monoisotopic (exact) mass is 252 g/mol. The SMILES string of the molecule is CN(C)Cc1noc(C(N)CC2CCCCC2)n1. The van der Waals surface area contributed by atoms with E-state index in [-0.39, 0.29) is 6.04 Å². The summed E-state index contributed by atoms with van der Waals surface area (Å²) < 4.78 is 5.26. The molecule has 1 aromatic heterocycles. The Morgan fingerprint density at radius 2 is 2.06 bits per heavy atom. The van der Waals surface area contributed by atoms with E-state index in [0.29, 0.717) is 18.3 Å². The molecule has 18 heavy (non-hydrogen) atoms. The van der Waals surface area contributed by atoms with Gasteiger partial charge in [0.05, 0.1) is 12.6 Å². The summed E-state index contributed by atoms with van der Waals surface area (Å²) in [5, 5.41) is 3.96. The molecular weight excluding hydrogens is 228 g/mol. The van der Waals surface area contributed by atoms with Crippen LogP contribution in [-0.2, 0) is 6.54 Å². The summed E-state index contributed by atoms with van der Waals surface area (Å²) in [5.41, 5.74) is 6.16. The standard InChI is InChI=1S/C13H24N4O/c1-17(2)9-12-15-13(18-16-12)11(14)8-10-6-4-3-5-7-10/h10-11H,3-9,14H2,1-2H3. The molecule has 2 rings (SSSR count). The predicted molar refractivity (Wildman–Crippen MR) is 69.8 cm³/mol. The van der Waals surface area contributed by atoms with Crippen LogP contribution in [0.15, 0.2) is 4.52 Å². The number of aromatic nitrogens is 2. The molecular formula is C13H24N4O. The van der Waals surface area contributed by atoms with Crippen molar-refractivity contribution >= 4 is 0 Å². The number of hydrogen-bond donors (Lipinski definition) is 1. The van der Waals surface area contributed by atoms with Gasteiger partial charge in [-0.15, -0.1) is 0 Å². The van der Waals surface area contributed by atoms with E-state index in [2.05, 4.69) is 10.1 Å². The van der Waals surface area contributed by atoms with Crippen LogP contribution in [0, 0.1) is 5.92 Å². The van der Waals surface area contributed by atoms with Crippen molar-refractivity contribution < 1.29 is 4.52 Å². The Balaban J connectivity index is 1.87. The third kappa shape index (κ3) is 3.78. The topological polar surface area (TPSA) is 68.2 Å². The summed E-state index contributed by atoms with van der Waals surface area (Å²) in [6.45, 7) is 0.694.